The standard InChI is InChI=1S/C8H13N3O2/c1-13-6-7(5-12)10-8-3-2-4-9-11-8/h2-4,7,12H,5-6H2,1H3,(H,10,11). The van der Waals surface area contributed by atoms with Crippen LogP contribution in [-0.2, 0) is 4.74 Å². The Morgan fingerprint density at radius 1 is 1.69 bits per heavy atom. The fourth-order valence-electron chi connectivity index (χ4n) is 0.929. The molecule has 1 rings (SSSR count). The van der Waals surface area contributed by atoms with Crippen molar-refractivity contribution >= 4 is 5.82 Å². The maximum atomic E-state index is 8.93. The molecule has 0 saturated carbocycles. The highest BCUT2D eigenvalue weighted by molar-refractivity contribution is 5.32. The highest BCUT2D eigenvalue weighted by Gasteiger charge is 2.06. The van der Waals surface area contributed by atoms with Gasteiger partial charge in [-0.1, -0.05) is 0 Å². The lowest BCUT2D eigenvalue weighted by Gasteiger charge is -2.14. The molecule has 0 aliphatic heterocycles. The van der Waals surface area contributed by atoms with Crippen molar-refractivity contribution in [2.75, 3.05) is 25.6 Å². The minimum absolute atomic E-state index is 0.00438. The van der Waals surface area contributed by atoms with Gasteiger partial charge in [-0.05, 0) is 12.1 Å². The van der Waals surface area contributed by atoms with Gasteiger partial charge in [0, 0.05) is 13.3 Å². The summed E-state index contributed by atoms with van der Waals surface area (Å²) in [4.78, 5) is 0. The van der Waals surface area contributed by atoms with Crippen molar-refractivity contribution in [1.82, 2.24) is 10.2 Å². The molecule has 1 atom stereocenters. The van der Waals surface area contributed by atoms with Crippen LogP contribution in [0.3, 0.4) is 0 Å². The van der Waals surface area contributed by atoms with Gasteiger partial charge in [0.25, 0.3) is 0 Å². The van der Waals surface area contributed by atoms with Crippen LogP contribution in [0.25, 0.3) is 0 Å². The van der Waals surface area contributed by atoms with Gasteiger partial charge in [-0.15, -0.1) is 5.10 Å². The highest BCUT2D eigenvalue weighted by Crippen LogP contribution is 2.00. The van der Waals surface area contributed by atoms with Gasteiger partial charge in [0.15, 0.2) is 0 Å². The van der Waals surface area contributed by atoms with Crippen LogP contribution in [-0.4, -0.2) is 41.7 Å². The van der Waals surface area contributed by atoms with Gasteiger partial charge in [-0.2, -0.15) is 5.10 Å². The number of aliphatic hydroxyl groups is 1. The summed E-state index contributed by atoms with van der Waals surface area (Å²) in [7, 11) is 1.58. The van der Waals surface area contributed by atoms with E-state index in [1.54, 1.807) is 25.4 Å². The van der Waals surface area contributed by atoms with Gasteiger partial charge in [-0.3, -0.25) is 0 Å². The lowest BCUT2D eigenvalue weighted by molar-refractivity contribution is 0.153. The van der Waals surface area contributed by atoms with E-state index in [2.05, 4.69) is 15.5 Å². The molecular formula is C8H13N3O2. The second kappa shape index (κ2) is 5.45. The van der Waals surface area contributed by atoms with Gasteiger partial charge in [0.05, 0.1) is 19.3 Å². The van der Waals surface area contributed by atoms with Crippen LogP contribution in [0, 0.1) is 0 Å². The van der Waals surface area contributed by atoms with Gasteiger partial charge in [-0.25, -0.2) is 0 Å². The molecule has 5 nitrogen and oxygen atoms in total. The number of anilines is 1. The van der Waals surface area contributed by atoms with Gasteiger partial charge < -0.3 is 15.2 Å². The predicted octanol–water partition coefficient (Wildman–Crippen LogP) is -0.104. The Balaban J connectivity index is 2.46. The third kappa shape index (κ3) is 3.35. The van der Waals surface area contributed by atoms with Crippen LogP contribution < -0.4 is 5.32 Å². The van der Waals surface area contributed by atoms with E-state index in [1.807, 2.05) is 0 Å². The third-order valence-electron chi connectivity index (χ3n) is 1.51. The zero-order chi connectivity index (χ0) is 9.52. The number of hydrogen-bond donors (Lipinski definition) is 2. The van der Waals surface area contributed by atoms with Crippen molar-refractivity contribution in [3.8, 4) is 0 Å². The number of rotatable bonds is 5. The Kier molecular flexibility index (Phi) is 4.14. The molecule has 0 radical (unpaired) electrons. The summed E-state index contributed by atoms with van der Waals surface area (Å²) in [6.45, 7) is 0.442. The smallest absolute Gasteiger partial charge is 0.149 e. The number of aliphatic hydroxyl groups excluding tert-OH is 1. The minimum Gasteiger partial charge on any atom is -0.394 e. The molecular weight excluding hydrogens is 170 g/mol. The number of ether oxygens (including phenoxy) is 1. The zero-order valence-electron chi connectivity index (χ0n) is 7.47. The zero-order valence-corrected chi connectivity index (χ0v) is 7.47. The number of aromatic nitrogens is 2. The minimum atomic E-state index is -0.137. The molecule has 13 heavy (non-hydrogen) atoms. The summed E-state index contributed by atoms with van der Waals surface area (Å²) in [6.07, 6.45) is 1.59. The first-order chi connectivity index (χ1) is 6.36. The topological polar surface area (TPSA) is 67.3 Å². The van der Waals surface area contributed by atoms with E-state index in [-0.39, 0.29) is 12.6 Å². The van der Waals surface area contributed by atoms with E-state index in [9.17, 15) is 0 Å². The molecule has 0 bridgehead atoms. The summed E-state index contributed by atoms with van der Waals surface area (Å²) in [5.41, 5.74) is 0. The number of nitrogens with zero attached hydrogens (tertiary/aromatic N) is 2. The van der Waals surface area contributed by atoms with Crippen LogP contribution in [0.5, 0.6) is 0 Å². The normalized spacial score (nSPS) is 12.5. The molecule has 1 heterocycles. The highest BCUT2D eigenvalue weighted by atomic mass is 16.5. The Morgan fingerprint density at radius 2 is 2.54 bits per heavy atom. The van der Waals surface area contributed by atoms with Crippen LogP contribution in [0.2, 0.25) is 0 Å². The summed E-state index contributed by atoms with van der Waals surface area (Å²) in [6, 6.07) is 3.42. The first-order valence-electron chi connectivity index (χ1n) is 4.01. The SMILES string of the molecule is COCC(CO)Nc1cccnn1. The molecule has 1 aromatic heterocycles. The lowest BCUT2D eigenvalue weighted by atomic mass is 10.3. The fraction of sp³-hybridized carbons (Fsp3) is 0.500. The number of nitrogens with one attached hydrogen (secondary N) is 1. The van der Waals surface area contributed by atoms with Gasteiger partial charge in [0.1, 0.15) is 5.82 Å². The van der Waals surface area contributed by atoms with Gasteiger partial charge >= 0.3 is 0 Å². The molecule has 0 aliphatic rings. The maximum Gasteiger partial charge on any atom is 0.149 e. The molecule has 0 aliphatic carbocycles. The van der Waals surface area contributed by atoms with E-state index < -0.39 is 0 Å². The largest absolute Gasteiger partial charge is 0.394 e. The molecule has 72 valence electrons. The van der Waals surface area contributed by atoms with E-state index in [4.69, 9.17) is 9.84 Å². The average Bonchev–Trinajstić information content (AvgIpc) is 2.19. The second-order valence-electron chi connectivity index (χ2n) is 2.59. The van der Waals surface area contributed by atoms with E-state index in [1.165, 1.54) is 0 Å². The predicted molar refractivity (Wildman–Crippen MR) is 48.4 cm³/mol. The molecule has 0 fully saturated rings. The van der Waals surface area contributed by atoms with Gasteiger partial charge in [0.2, 0.25) is 0 Å². The monoisotopic (exact) mass is 183 g/mol. The Bertz CT molecular complexity index is 230. The van der Waals surface area contributed by atoms with Crippen molar-refractivity contribution in [1.29, 1.82) is 0 Å². The average molecular weight is 183 g/mol. The van der Waals surface area contributed by atoms with Crippen LogP contribution in [0.1, 0.15) is 0 Å². The first-order valence-corrected chi connectivity index (χ1v) is 4.01. The molecule has 1 unspecified atom stereocenters. The maximum absolute atomic E-state index is 8.93. The molecule has 5 heteroatoms. The van der Waals surface area contributed by atoms with E-state index >= 15 is 0 Å². The van der Waals surface area contributed by atoms with Crippen molar-refractivity contribution in [3.05, 3.63) is 18.3 Å². The molecule has 0 aromatic carbocycles. The fourth-order valence-corrected chi connectivity index (χ4v) is 0.929. The third-order valence-corrected chi connectivity index (χ3v) is 1.51. The summed E-state index contributed by atoms with van der Waals surface area (Å²) < 4.78 is 4.90. The van der Waals surface area contributed by atoms with Crippen LogP contribution in [0.15, 0.2) is 18.3 Å². The van der Waals surface area contributed by atoms with E-state index in [0.29, 0.717) is 12.4 Å². The first kappa shape index (κ1) is 9.88. The molecule has 2 N–H and O–H groups in total. The summed E-state index contributed by atoms with van der Waals surface area (Å²) in [5, 5.41) is 19.4. The lowest BCUT2D eigenvalue weighted by Crippen LogP contribution is -2.29. The summed E-state index contributed by atoms with van der Waals surface area (Å²) in [5.74, 6) is 0.638. The van der Waals surface area contributed by atoms with Crippen LogP contribution in [0.4, 0.5) is 5.82 Å². The Morgan fingerprint density at radius 3 is 3.08 bits per heavy atom. The number of methoxy groups -OCH3 is 1. The van der Waals surface area contributed by atoms with Crippen molar-refractivity contribution in [2.24, 2.45) is 0 Å². The van der Waals surface area contributed by atoms with Crippen molar-refractivity contribution in [2.45, 2.75) is 6.04 Å². The van der Waals surface area contributed by atoms with Crippen molar-refractivity contribution < 1.29 is 9.84 Å². The molecule has 0 amide bonds. The van der Waals surface area contributed by atoms with Crippen molar-refractivity contribution in [3.63, 3.8) is 0 Å². The Labute approximate surface area is 76.8 Å². The quantitative estimate of drug-likeness (QED) is 0.667. The van der Waals surface area contributed by atoms with Crippen LogP contribution >= 0.6 is 0 Å². The molecule has 0 spiro atoms. The molecule has 0 saturated heterocycles. The van der Waals surface area contributed by atoms with E-state index in [0.717, 1.165) is 0 Å². The molecule has 1 aromatic rings. The number of hydrogen-bond acceptors (Lipinski definition) is 5. The second-order valence-corrected chi connectivity index (χ2v) is 2.59. The Hall–Kier alpha value is -1.20. The summed E-state index contributed by atoms with van der Waals surface area (Å²) >= 11 is 0.